The molecule has 184 valence electrons. The highest BCUT2D eigenvalue weighted by atomic mass is 19.4. The van der Waals surface area contributed by atoms with Crippen LogP contribution in [-0.2, 0) is 19.2 Å². The standard InChI is InChI=1S/C26H23F3N6O/c1-17(30-15-14-18-8-3-2-4-9-18)22-13-7-10-19(31-22)16-36-24-21-12-6-5-11-20(21)23-32-33-25(26(27,28)29)35(23)34-24/h2-13,17,30H,14-16H2,1H3/t17-/m0/s1. The molecule has 5 aromatic rings. The van der Waals surface area contributed by atoms with Crippen molar-refractivity contribution in [1.29, 1.82) is 0 Å². The Bertz CT molecular complexity index is 1490. The number of aromatic nitrogens is 5. The molecule has 0 saturated heterocycles. The van der Waals surface area contributed by atoms with Crippen LogP contribution in [0.2, 0.25) is 0 Å². The van der Waals surface area contributed by atoms with Crippen LogP contribution in [-0.4, -0.2) is 31.3 Å². The van der Waals surface area contributed by atoms with E-state index in [-0.39, 0.29) is 24.2 Å². The molecule has 0 unspecified atom stereocenters. The first kappa shape index (κ1) is 23.7. The van der Waals surface area contributed by atoms with Gasteiger partial charge in [-0.15, -0.1) is 15.3 Å². The number of halogens is 3. The van der Waals surface area contributed by atoms with Gasteiger partial charge in [0.05, 0.1) is 11.4 Å². The normalized spacial score (nSPS) is 12.8. The molecule has 2 aromatic carbocycles. The van der Waals surface area contributed by atoms with Crippen LogP contribution in [0.15, 0.2) is 72.8 Å². The maximum atomic E-state index is 13.4. The maximum Gasteiger partial charge on any atom is 0.453 e. The minimum atomic E-state index is -4.70. The molecular weight excluding hydrogens is 469 g/mol. The van der Waals surface area contributed by atoms with E-state index in [4.69, 9.17) is 4.74 Å². The Morgan fingerprint density at radius 3 is 2.44 bits per heavy atom. The number of pyridine rings is 1. The van der Waals surface area contributed by atoms with Gasteiger partial charge >= 0.3 is 6.18 Å². The Morgan fingerprint density at radius 1 is 0.917 bits per heavy atom. The molecule has 1 atom stereocenters. The fourth-order valence-electron chi connectivity index (χ4n) is 3.98. The molecule has 0 fully saturated rings. The summed E-state index contributed by atoms with van der Waals surface area (Å²) in [6.07, 6.45) is -3.80. The molecule has 0 aliphatic heterocycles. The van der Waals surface area contributed by atoms with E-state index in [0.29, 0.717) is 21.0 Å². The van der Waals surface area contributed by atoms with Crippen molar-refractivity contribution in [2.45, 2.75) is 32.2 Å². The second kappa shape index (κ2) is 9.90. The molecule has 0 aliphatic rings. The van der Waals surface area contributed by atoms with Gasteiger partial charge in [-0.25, -0.2) is 0 Å². The molecule has 0 bridgehead atoms. The predicted molar refractivity (Wildman–Crippen MR) is 128 cm³/mol. The van der Waals surface area contributed by atoms with Crippen molar-refractivity contribution in [3.63, 3.8) is 0 Å². The Kier molecular flexibility index (Phi) is 6.51. The molecule has 0 radical (unpaired) electrons. The fraction of sp³-hybridized carbons (Fsp3) is 0.231. The summed E-state index contributed by atoms with van der Waals surface area (Å²) in [6, 6.07) is 22.7. The number of nitrogens with zero attached hydrogens (tertiary/aromatic N) is 5. The van der Waals surface area contributed by atoms with Gasteiger partial charge in [0.1, 0.15) is 6.61 Å². The van der Waals surface area contributed by atoms with Crippen LogP contribution in [0.1, 0.15) is 35.7 Å². The van der Waals surface area contributed by atoms with Crippen molar-refractivity contribution in [2.75, 3.05) is 6.54 Å². The van der Waals surface area contributed by atoms with Gasteiger partial charge in [-0.1, -0.05) is 54.6 Å². The van der Waals surface area contributed by atoms with Crippen molar-refractivity contribution in [3.05, 3.63) is 95.6 Å². The zero-order valence-corrected chi connectivity index (χ0v) is 19.4. The summed E-state index contributed by atoms with van der Waals surface area (Å²) in [5, 5.41) is 15.6. The van der Waals surface area contributed by atoms with Gasteiger partial charge in [0.25, 0.3) is 5.82 Å². The van der Waals surface area contributed by atoms with Gasteiger partial charge in [0.15, 0.2) is 5.65 Å². The van der Waals surface area contributed by atoms with Gasteiger partial charge in [0.2, 0.25) is 5.88 Å². The average Bonchev–Trinajstić information content (AvgIpc) is 3.33. The molecule has 7 nitrogen and oxygen atoms in total. The lowest BCUT2D eigenvalue weighted by Crippen LogP contribution is -2.22. The van der Waals surface area contributed by atoms with Crippen molar-refractivity contribution >= 4 is 16.4 Å². The second-order valence-electron chi connectivity index (χ2n) is 8.36. The lowest BCUT2D eigenvalue weighted by Gasteiger charge is -2.15. The maximum absolute atomic E-state index is 13.4. The van der Waals surface area contributed by atoms with Gasteiger partial charge in [-0.2, -0.15) is 17.7 Å². The number of nitrogens with one attached hydrogen (secondary N) is 1. The Hall–Kier alpha value is -4.05. The van der Waals surface area contributed by atoms with Crippen molar-refractivity contribution in [1.82, 2.24) is 30.1 Å². The summed E-state index contributed by atoms with van der Waals surface area (Å²) in [4.78, 5) is 4.68. The minimum Gasteiger partial charge on any atom is -0.470 e. The molecule has 10 heteroatoms. The summed E-state index contributed by atoms with van der Waals surface area (Å²) in [5.41, 5.74) is 2.75. The van der Waals surface area contributed by atoms with E-state index in [1.165, 1.54) is 5.56 Å². The lowest BCUT2D eigenvalue weighted by molar-refractivity contribution is -0.146. The highest BCUT2D eigenvalue weighted by Crippen LogP contribution is 2.32. The van der Waals surface area contributed by atoms with Crippen LogP contribution in [0.3, 0.4) is 0 Å². The van der Waals surface area contributed by atoms with E-state index in [1.807, 2.05) is 37.3 Å². The lowest BCUT2D eigenvalue weighted by atomic mass is 10.1. The van der Waals surface area contributed by atoms with E-state index < -0.39 is 12.0 Å². The van der Waals surface area contributed by atoms with Gasteiger partial charge < -0.3 is 10.1 Å². The van der Waals surface area contributed by atoms with E-state index in [2.05, 4.69) is 37.7 Å². The first-order valence-corrected chi connectivity index (χ1v) is 11.5. The summed E-state index contributed by atoms with van der Waals surface area (Å²) in [6.45, 7) is 2.87. The molecular formula is C26H23F3N6O. The largest absolute Gasteiger partial charge is 0.470 e. The number of hydrogen-bond donors (Lipinski definition) is 1. The summed E-state index contributed by atoms with van der Waals surface area (Å²) in [7, 11) is 0. The van der Waals surface area contributed by atoms with E-state index in [0.717, 1.165) is 18.7 Å². The smallest absolute Gasteiger partial charge is 0.453 e. The van der Waals surface area contributed by atoms with Gasteiger partial charge in [-0.3, -0.25) is 4.98 Å². The number of benzene rings is 2. The molecule has 3 heterocycles. The SMILES string of the molecule is C[C@H](NCCc1ccccc1)c1cccc(COc2nn3c(C(F)(F)F)nnc3c3ccccc23)n1. The van der Waals surface area contributed by atoms with Crippen molar-refractivity contribution in [2.24, 2.45) is 0 Å². The highest BCUT2D eigenvalue weighted by molar-refractivity contribution is 5.96. The summed E-state index contributed by atoms with van der Waals surface area (Å²) in [5.74, 6) is -1.16. The Labute approximate surface area is 205 Å². The second-order valence-corrected chi connectivity index (χ2v) is 8.36. The summed E-state index contributed by atoms with van der Waals surface area (Å²) < 4.78 is 46.8. The Morgan fingerprint density at radius 2 is 1.67 bits per heavy atom. The topological polar surface area (TPSA) is 77.2 Å². The van der Waals surface area contributed by atoms with E-state index in [1.54, 1.807) is 30.3 Å². The van der Waals surface area contributed by atoms with Crippen molar-refractivity contribution < 1.29 is 17.9 Å². The minimum absolute atomic E-state index is 0.00957. The van der Waals surface area contributed by atoms with Crippen LogP contribution >= 0.6 is 0 Å². The molecule has 5 rings (SSSR count). The third kappa shape index (κ3) is 4.99. The molecule has 0 spiro atoms. The third-order valence-corrected chi connectivity index (χ3v) is 5.82. The first-order chi connectivity index (χ1) is 17.4. The molecule has 36 heavy (non-hydrogen) atoms. The fourth-order valence-corrected chi connectivity index (χ4v) is 3.98. The average molecular weight is 493 g/mol. The zero-order chi connectivity index (χ0) is 25.1. The molecule has 0 aliphatic carbocycles. The molecule has 0 saturated carbocycles. The van der Waals surface area contributed by atoms with Gasteiger partial charge in [-0.05, 0) is 43.7 Å². The zero-order valence-electron chi connectivity index (χ0n) is 19.4. The van der Waals surface area contributed by atoms with Crippen LogP contribution in [0, 0.1) is 0 Å². The predicted octanol–water partition coefficient (Wildman–Crippen LogP) is 5.16. The molecule has 0 amide bonds. The number of rotatable bonds is 8. The van der Waals surface area contributed by atoms with Crippen molar-refractivity contribution in [3.8, 4) is 5.88 Å². The molecule has 1 N–H and O–H groups in total. The molecule has 3 aromatic heterocycles. The third-order valence-electron chi connectivity index (χ3n) is 5.82. The Balaban J connectivity index is 1.33. The number of ether oxygens (including phenoxy) is 1. The van der Waals surface area contributed by atoms with Crippen LogP contribution in [0.4, 0.5) is 13.2 Å². The number of fused-ring (bicyclic) bond motifs is 3. The summed E-state index contributed by atoms with van der Waals surface area (Å²) >= 11 is 0. The van der Waals surface area contributed by atoms with E-state index in [9.17, 15) is 13.2 Å². The van der Waals surface area contributed by atoms with Crippen LogP contribution < -0.4 is 10.1 Å². The number of alkyl halides is 3. The number of hydrogen-bond acceptors (Lipinski definition) is 6. The van der Waals surface area contributed by atoms with Crippen LogP contribution in [0.5, 0.6) is 5.88 Å². The van der Waals surface area contributed by atoms with Crippen LogP contribution in [0.25, 0.3) is 16.4 Å². The first-order valence-electron chi connectivity index (χ1n) is 11.5. The highest BCUT2D eigenvalue weighted by Gasteiger charge is 2.38. The van der Waals surface area contributed by atoms with Gasteiger partial charge in [0, 0.05) is 16.8 Å². The van der Waals surface area contributed by atoms with E-state index >= 15 is 0 Å². The monoisotopic (exact) mass is 492 g/mol. The quantitative estimate of drug-likeness (QED) is 0.322.